The van der Waals surface area contributed by atoms with Gasteiger partial charge in [-0.25, -0.2) is 0 Å². The summed E-state index contributed by atoms with van der Waals surface area (Å²) in [5, 5.41) is 8.36. The number of thiocarbonyl (C=S) groups is 1. The first-order chi connectivity index (χ1) is 16.2. The maximum absolute atomic E-state index is 6.21. The highest BCUT2D eigenvalue weighted by molar-refractivity contribution is 7.80. The van der Waals surface area contributed by atoms with E-state index in [2.05, 4.69) is 73.9 Å². The van der Waals surface area contributed by atoms with Gasteiger partial charge in [-0.15, -0.1) is 0 Å². The van der Waals surface area contributed by atoms with Crippen molar-refractivity contribution < 1.29 is 9.47 Å². The Balaban J connectivity index is 1.53. The molecule has 0 bridgehead atoms. The van der Waals surface area contributed by atoms with Crippen LogP contribution in [0.5, 0.6) is 11.5 Å². The summed E-state index contributed by atoms with van der Waals surface area (Å²) in [7, 11) is 0. The number of benzene rings is 3. The Bertz CT molecular complexity index is 1250. The second-order valence-corrected chi connectivity index (χ2v) is 9.76. The van der Waals surface area contributed by atoms with Crippen LogP contribution >= 0.6 is 12.2 Å². The monoisotopic (exact) mass is 473 g/mol. The van der Waals surface area contributed by atoms with Gasteiger partial charge in [-0.05, 0) is 93.4 Å². The van der Waals surface area contributed by atoms with E-state index < -0.39 is 0 Å². The van der Waals surface area contributed by atoms with Crippen LogP contribution in [-0.2, 0) is 6.61 Å². The summed E-state index contributed by atoms with van der Waals surface area (Å²) in [4.78, 5) is 0. The van der Waals surface area contributed by atoms with Gasteiger partial charge in [0.25, 0.3) is 0 Å². The standard InChI is InChI=1S/C28H31N3O2S/c1-18-10-11-20(3)24(14-18)29-27(34)31-30-25-16-28(4,5)33-26-13-12-22(15-23(25)26)32-17-21-9-7-6-8-19(21)2/h6-15H,16-17H2,1-5H3,(H2,29,31,34)/b30-25+. The van der Waals surface area contributed by atoms with Gasteiger partial charge in [0.05, 0.1) is 5.71 Å². The highest BCUT2D eigenvalue weighted by Crippen LogP contribution is 2.35. The molecule has 3 aromatic carbocycles. The van der Waals surface area contributed by atoms with E-state index in [1.54, 1.807) is 0 Å². The smallest absolute Gasteiger partial charge is 0.191 e. The number of nitrogens with zero attached hydrogens (tertiary/aromatic N) is 1. The maximum atomic E-state index is 6.21. The number of fused-ring (bicyclic) bond motifs is 1. The number of rotatable bonds is 5. The second kappa shape index (κ2) is 9.85. The quantitative estimate of drug-likeness (QED) is 0.330. The van der Waals surface area contributed by atoms with Crippen molar-refractivity contribution in [3.05, 3.63) is 88.5 Å². The molecule has 0 unspecified atom stereocenters. The molecule has 1 aliphatic heterocycles. The van der Waals surface area contributed by atoms with Crippen molar-refractivity contribution in [2.75, 3.05) is 5.32 Å². The summed E-state index contributed by atoms with van der Waals surface area (Å²) in [5.74, 6) is 1.56. The number of ether oxygens (including phenoxy) is 2. The van der Waals surface area contributed by atoms with Gasteiger partial charge in [0.15, 0.2) is 5.11 Å². The lowest BCUT2D eigenvalue weighted by atomic mass is 9.92. The summed E-state index contributed by atoms with van der Waals surface area (Å²) in [6.07, 6.45) is 0.639. The predicted molar refractivity (Wildman–Crippen MR) is 143 cm³/mol. The largest absolute Gasteiger partial charge is 0.489 e. The minimum atomic E-state index is -0.376. The molecular weight excluding hydrogens is 442 g/mol. The van der Waals surface area contributed by atoms with Crippen LogP contribution in [0.3, 0.4) is 0 Å². The topological polar surface area (TPSA) is 54.9 Å². The van der Waals surface area contributed by atoms with E-state index in [0.717, 1.165) is 39.6 Å². The highest BCUT2D eigenvalue weighted by Gasteiger charge is 2.31. The zero-order valence-electron chi connectivity index (χ0n) is 20.4. The lowest BCUT2D eigenvalue weighted by Crippen LogP contribution is -2.37. The van der Waals surface area contributed by atoms with Crippen LogP contribution in [0.15, 0.2) is 65.8 Å². The van der Waals surface area contributed by atoms with E-state index in [-0.39, 0.29) is 5.60 Å². The summed E-state index contributed by atoms with van der Waals surface area (Å²) in [6.45, 7) is 10.8. The van der Waals surface area contributed by atoms with Crippen LogP contribution in [0.2, 0.25) is 0 Å². The highest BCUT2D eigenvalue weighted by atomic mass is 32.1. The molecule has 0 amide bonds. The molecule has 34 heavy (non-hydrogen) atoms. The van der Waals surface area contributed by atoms with E-state index in [1.165, 1.54) is 11.1 Å². The predicted octanol–water partition coefficient (Wildman–Crippen LogP) is 6.44. The van der Waals surface area contributed by atoms with Crippen LogP contribution in [0, 0.1) is 20.8 Å². The second-order valence-electron chi connectivity index (χ2n) is 9.35. The van der Waals surface area contributed by atoms with E-state index in [0.29, 0.717) is 18.1 Å². The fourth-order valence-corrected chi connectivity index (χ4v) is 4.07. The summed E-state index contributed by atoms with van der Waals surface area (Å²) >= 11 is 5.51. The number of nitrogens with one attached hydrogen (secondary N) is 2. The molecule has 0 atom stereocenters. The van der Waals surface area contributed by atoms with Gasteiger partial charge in [0.1, 0.15) is 23.7 Å². The number of aryl methyl sites for hydroxylation is 3. The zero-order valence-corrected chi connectivity index (χ0v) is 21.2. The van der Waals surface area contributed by atoms with Crippen LogP contribution in [0.1, 0.15) is 48.1 Å². The van der Waals surface area contributed by atoms with Gasteiger partial charge in [-0.1, -0.05) is 36.4 Å². The summed E-state index contributed by atoms with van der Waals surface area (Å²) < 4.78 is 12.3. The van der Waals surface area contributed by atoms with Gasteiger partial charge in [0, 0.05) is 17.7 Å². The normalized spacial score (nSPS) is 15.3. The molecule has 3 aromatic rings. The Morgan fingerprint density at radius 3 is 2.62 bits per heavy atom. The van der Waals surface area contributed by atoms with Crippen LogP contribution in [0.25, 0.3) is 0 Å². The minimum Gasteiger partial charge on any atom is -0.489 e. The molecule has 6 heteroatoms. The molecule has 1 aliphatic rings. The average molecular weight is 474 g/mol. The van der Waals surface area contributed by atoms with E-state index in [9.17, 15) is 0 Å². The molecule has 0 fully saturated rings. The van der Waals surface area contributed by atoms with Gasteiger partial charge in [-0.3, -0.25) is 5.43 Å². The van der Waals surface area contributed by atoms with Crippen LogP contribution < -0.4 is 20.2 Å². The average Bonchev–Trinajstić information content (AvgIpc) is 2.79. The van der Waals surface area contributed by atoms with Crippen molar-refractivity contribution in [1.29, 1.82) is 0 Å². The molecule has 4 rings (SSSR count). The van der Waals surface area contributed by atoms with Gasteiger partial charge in [0.2, 0.25) is 0 Å². The number of anilines is 1. The van der Waals surface area contributed by atoms with Gasteiger partial charge < -0.3 is 14.8 Å². The van der Waals surface area contributed by atoms with Gasteiger partial charge in [-0.2, -0.15) is 5.10 Å². The molecule has 2 N–H and O–H groups in total. The van der Waals surface area contributed by atoms with Crippen LogP contribution in [0.4, 0.5) is 5.69 Å². The van der Waals surface area contributed by atoms with Crippen molar-refractivity contribution in [2.24, 2.45) is 5.10 Å². The number of hydrazone groups is 1. The summed E-state index contributed by atoms with van der Waals surface area (Å²) in [6, 6.07) is 20.3. The Labute approximate surface area is 207 Å². The fourth-order valence-electron chi connectivity index (χ4n) is 3.92. The van der Waals surface area contributed by atoms with Crippen molar-refractivity contribution in [3.63, 3.8) is 0 Å². The summed E-state index contributed by atoms with van der Waals surface area (Å²) in [5.41, 5.74) is 10.1. The van der Waals surface area contributed by atoms with E-state index in [4.69, 9.17) is 21.7 Å². The third-order valence-electron chi connectivity index (χ3n) is 5.83. The van der Waals surface area contributed by atoms with E-state index >= 15 is 0 Å². The van der Waals surface area contributed by atoms with E-state index in [1.807, 2.05) is 37.3 Å². The Morgan fingerprint density at radius 2 is 1.82 bits per heavy atom. The minimum absolute atomic E-state index is 0.376. The third kappa shape index (κ3) is 5.75. The lowest BCUT2D eigenvalue weighted by Gasteiger charge is -2.33. The Kier molecular flexibility index (Phi) is 6.89. The molecule has 0 aliphatic carbocycles. The Hall–Kier alpha value is -3.38. The number of hydrogen-bond donors (Lipinski definition) is 2. The molecule has 0 saturated heterocycles. The van der Waals surface area contributed by atoms with Crippen molar-refractivity contribution in [2.45, 2.75) is 53.2 Å². The molecule has 0 saturated carbocycles. The third-order valence-corrected chi connectivity index (χ3v) is 6.02. The zero-order chi connectivity index (χ0) is 24.3. The molecule has 1 heterocycles. The van der Waals surface area contributed by atoms with Crippen LogP contribution in [-0.4, -0.2) is 16.4 Å². The maximum Gasteiger partial charge on any atom is 0.191 e. The van der Waals surface area contributed by atoms with Crippen molar-refractivity contribution in [3.8, 4) is 11.5 Å². The lowest BCUT2D eigenvalue weighted by molar-refractivity contribution is 0.111. The Morgan fingerprint density at radius 1 is 1.03 bits per heavy atom. The molecule has 176 valence electrons. The van der Waals surface area contributed by atoms with Crippen molar-refractivity contribution >= 4 is 28.7 Å². The fraction of sp³-hybridized carbons (Fsp3) is 0.286. The first-order valence-corrected chi connectivity index (χ1v) is 11.8. The molecule has 0 aromatic heterocycles. The first-order valence-electron chi connectivity index (χ1n) is 11.4. The first kappa shape index (κ1) is 23.8. The molecular formula is C28H31N3O2S. The van der Waals surface area contributed by atoms with Gasteiger partial charge >= 0.3 is 0 Å². The molecule has 5 nitrogen and oxygen atoms in total. The molecule has 0 spiro atoms. The number of hydrogen-bond acceptors (Lipinski definition) is 4. The van der Waals surface area contributed by atoms with Crippen molar-refractivity contribution in [1.82, 2.24) is 5.43 Å². The molecule has 0 radical (unpaired) electrons. The SMILES string of the molecule is Cc1ccc(C)c(NC(=S)N/N=C2\CC(C)(C)Oc3ccc(OCc4ccccc4C)cc32)c1.